The second-order valence-electron chi connectivity index (χ2n) is 4.47. The number of nitrogens with two attached hydrogens (primary N) is 1. The highest BCUT2D eigenvalue weighted by molar-refractivity contribution is 5.79. The summed E-state index contributed by atoms with van der Waals surface area (Å²) in [5, 5.41) is 0. The zero-order chi connectivity index (χ0) is 10.8. The van der Waals surface area contributed by atoms with E-state index in [1.165, 1.54) is 0 Å². The third-order valence-electron chi connectivity index (χ3n) is 3.02. The molecule has 0 aromatic heterocycles. The second-order valence-corrected chi connectivity index (χ2v) is 4.47. The molecule has 1 aliphatic heterocycles. The van der Waals surface area contributed by atoms with Crippen molar-refractivity contribution in [1.82, 2.24) is 4.90 Å². The standard InChI is InChI=1S/C10H20N2O2/c1-10(2,7-11)12(3)9(13)8-4-5-14-6-8/h8H,4-7,11H2,1-3H3. The van der Waals surface area contributed by atoms with Crippen LogP contribution in [-0.4, -0.2) is 43.2 Å². The molecule has 0 aliphatic carbocycles. The van der Waals surface area contributed by atoms with Crippen molar-refractivity contribution < 1.29 is 9.53 Å². The molecular formula is C10H20N2O2. The molecule has 1 amide bonds. The van der Waals surface area contributed by atoms with Crippen LogP contribution in [0.25, 0.3) is 0 Å². The molecule has 1 fully saturated rings. The molecule has 1 unspecified atom stereocenters. The molecule has 1 aliphatic rings. The topological polar surface area (TPSA) is 55.6 Å². The Morgan fingerprint density at radius 1 is 1.64 bits per heavy atom. The first-order chi connectivity index (χ1) is 6.49. The highest BCUT2D eigenvalue weighted by atomic mass is 16.5. The first-order valence-corrected chi connectivity index (χ1v) is 5.04. The normalized spacial score (nSPS) is 22.4. The van der Waals surface area contributed by atoms with Crippen molar-refractivity contribution in [2.24, 2.45) is 11.7 Å². The van der Waals surface area contributed by atoms with Gasteiger partial charge in [0.25, 0.3) is 0 Å². The van der Waals surface area contributed by atoms with Gasteiger partial charge in [-0.15, -0.1) is 0 Å². The maximum Gasteiger partial charge on any atom is 0.228 e. The number of likely N-dealkylation sites (N-methyl/N-ethyl adjacent to an activating group) is 1. The van der Waals surface area contributed by atoms with E-state index in [0.717, 1.165) is 6.42 Å². The first-order valence-electron chi connectivity index (χ1n) is 5.04. The van der Waals surface area contributed by atoms with Crippen LogP contribution in [0.15, 0.2) is 0 Å². The van der Waals surface area contributed by atoms with E-state index in [1.807, 2.05) is 20.9 Å². The Morgan fingerprint density at radius 2 is 2.29 bits per heavy atom. The summed E-state index contributed by atoms with van der Waals surface area (Å²) in [7, 11) is 1.81. The van der Waals surface area contributed by atoms with Crippen molar-refractivity contribution in [3.8, 4) is 0 Å². The maximum atomic E-state index is 11.9. The maximum absolute atomic E-state index is 11.9. The average Bonchev–Trinajstić information content (AvgIpc) is 2.68. The molecule has 1 heterocycles. The molecular weight excluding hydrogens is 180 g/mol. The van der Waals surface area contributed by atoms with Gasteiger partial charge in [-0.2, -0.15) is 0 Å². The Balaban J connectivity index is 2.59. The van der Waals surface area contributed by atoms with E-state index in [0.29, 0.717) is 19.8 Å². The number of nitrogens with zero attached hydrogens (tertiary/aromatic N) is 1. The third-order valence-corrected chi connectivity index (χ3v) is 3.02. The summed E-state index contributed by atoms with van der Waals surface area (Å²) in [5.41, 5.74) is 5.35. The second kappa shape index (κ2) is 4.28. The molecule has 14 heavy (non-hydrogen) atoms. The fourth-order valence-corrected chi connectivity index (χ4v) is 1.44. The molecule has 1 rings (SSSR count). The van der Waals surface area contributed by atoms with E-state index < -0.39 is 0 Å². The van der Waals surface area contributed by atoms with Crippen LogP contribution in [0.2, 0.25) is 0 Å². The molecule has 4 nitrogen and oxygen atoms in total. The number of carbonyl (C=O) groups is 1. The zero-order valence-corrected chi connectivity index (χ0v) is 9.25. The van der Waals surface area contributed by atoms with E-state index >= 15 is 0 Å². The molecule has 1 saturated heterocycles. The monoisotopic (exact) mass is 200 g/mol. The van der Waals surface area contributed by atoms with Crippen LogP contribution in [-0.2, 0) is 9.53 Å². The molecule has 0 spiro atoms. The van der Waals surface area contributed by atoms with Crippen LogP contribution in [0.4, 0.5) is 0 Å². The van der Waals surface area contributed by atoms with Crippen molar-refractivity contribution in [1.29, 1.82) is 0 Å². The lowest BCUT2D eigenvalue weighted by Crippen LogP contribution is -2.51. The van der Waals surface area contributed by atoms with Gasteiger partial charge in [-0.25, -0.2) is 0 Å². The molecule has 1 atom stereocenters. The van der Waals surface area contributed by atoms with E-state index in [1.54, 1.807) is 4.90 Å². The van der Waals surface area contributed by atoms with Crippen molar-refractivity contribution in [3.63, 3.8) is 0 Å². The lowest BCUT2D eigenvalue weighted by atomic mass is 10.00. The number of amides is 1. The van der Waals surface area contributed by atoms with Crippen molar-refractivity contribution in [3.05, 3.63) is 0 Å². The van der Waals surface area contributed by atoms with Gasteiger partial charge in [0.05, 0.1) is 12.5 Å². The number of hydrogen-bond acceptors (Lipinski definition) is 3. The Kier molecular flexibility index (Phi) is 3.50. The SMILES string of the molecule is CN(C(=O)C1CCOC1)C(C)(C)CN. The molecule has 2 N–H and O–H groups in total. The van der Waals surface area contributed by atoms with Gasteiger partial charge >= 0.3 is 0 Å². The number of hydrogen-bond donors (Lipinski definition) is 1. The first kappa shape index (κ1) is 11.5. The Hall–Kier alpha value is -0.610. The average molecular weight is 200 g/mol. The van der Waals surface area contributed by atoms with Crippen LogP contribution in [0.1, 0.15) is 20.3 Å². The molecule has 0 aromatic rings. The lowest BCUT2D eigenvalue weighted by molar-refractivity contribution is -0.138. The van der Waals surface area contributed by atoms with E-state index in [4.69, 9.17) is 10.5 Å². The van der Waals surface area contributed by atoms with Crippen LogP contribution < -0.4 is 5.73 Å². The molecule has 0 radical (unpaired) electrons. The minimum absolute atomic E-state index is 0.0332. The molecule has 82 valence electrons. The van der Waals surface area contributed by atoms with Gasteiger partial charge in [-0.05, 0) is 20.3 Å². The van der Waals surface area contributed by atoms with Gasteiger partial charge in [0, 0.05) is 25.7 Å². The predicted molar refractivity (Wildman–Crippen MR) is 54.8 cm³/mol. The van der Waals surface area contributed by atoms with E-state index in [2.05, 4.69) is 0 Å². The van der Waals surface area contributed by atoms with Crippen LogP contribution in [0.3, 0.4) is 0 Å². The molecule has 0 bridgehead atoms. The van der Waals surface area contributed by atoms with Crippen LogP contribution in [0.5, 0.6) is 0 Å². The summed E-state index contributed by atoms with van der Waals surface area (Å²) < 4.78 is 5.20. The van der Waals surface area contributed by atoms with E-state index in [9.17, 15) is 4.79 Å². The van der Waals surface area contributed by atoms with Crippen molar-refractivity contribution in [2.45, 2.75) is 25.8 Å². The summed E-state index contributed by atoms with van der Waals surface area (Å²) in [5.74, 6) is 0.184. The summed E-state index contributed by atoms with van der Waals surface area (Å²) in [6.45, 7) is 5.68. The Labute approximate surface area is 85.4 Å². The highest BCUT2D eigenvalue weighted by Gasteiger charge is 2.32. The lowest BCUT2D eigenvalue weighted by Gasteiger charge is -2.36. The summed E-state index contributed by atoms with van der Waals surface area (Å²) in [6.07, 6.45) is 0.837. The number of rotatable bonds is 3. The highest BCUT2D eigenvalue weighted by Crippen LogP contribution is 2.19. The fraction of sp³-hybridized carbons (Fsp3) is 0.900. The summed E-state index contributed by atoms with van der Waals surface area (Å²) in [6, 6.07) is 0. The predicted octanol–water partition coefficient (Wildman–Crippen LogP) is 0.219. The Bertz CT molecular complexity index is 210. The number of ether oxygens (including phenoxy) is 1. The minimum Gasteiger partial charge on any atom is -0.381 e. The van der Waals surface area contributed by atoms with E-state index in [-0.39, 0.29) is 17.4 Å². The Morgan fingerprint density at radius 3 is 2.71 bits per heavy atom. The third kappa shape index (κ3) is 2.25. The number of carbonyl (C=O) groups excluding carboxylic acids is 1. The van der Waals surface area contributed by atoms with Gasteiger partial charge in [-0.1, -0.05) is 0 Å². The van der Waals surface area contributed by atoms with Gasteiger partial charge in [0.15, 0.2) is 0 Å². The zero-order valence-electron chi connectivity index (χ0n) is 9.25. The van der Waals surface area contributed by atoms with Gasteiger partial charge < -0.3 is 15.4 Å². The largest absolute Gasteiger partial charge is 0.381 e. The van der Waals surface area contributed by atoms with Gasteiger partial charge in [0.1, 0.15) is 0 Å². The summed E-state index contributed by atoms with van der Waals surface area (Å²) in [4.78, 5) is 13.7. The fourth-order valence-electron chi connectivity index (χ4n) is 1.44. The summed E-state index contributed by atoms with van der Waals surface area (Å²) >= 11 is 0. The molecule has 0 saturated carbocycles. The quantitative estimate of drug-likeness (QED) is 0.709. The van der Waals surface area contributed by atoms with Crippen LogP contribution >= 0.6 is 0 Å². The molecule has 0 aromatic carbocycles. The van der Waals surface area contributed by atoms with Crippen molar-refractivity contribution >= 4 is 5.91 Å². The smallest absolute Gasteiger partial charge is 0.228 e. The minimum atomic E-state index is -0.264. The molecule has 4 heteroatoms. The van der Waals surface area contributed by atoms with Gasteiger partial charge in [-0.3, -0.25) is 4.79 Å². The van der Waals surface area contributed by atoms with Crippen molar-refractivity contribution in [2.75, 3.05) is 26.8 Å². The van der Waals surface area contributed by atoms with Crippen LogP contribution in [0, 0.1) is 5.92 Å². The van der Waals surface area contributed by atoms with Gasteiger partial charge in [0.2, 0.25) is 5.91 Å².